The lowest BCUT2D eigenvalue weighted by Gasteiger charge is -2.16. The molecule has 1 aliphatic heterocycles. The number of benzene rings is 1. The molecule has 1 aromatic carbocycles. The number of hydrogen-bond donors (Lipinski definition) is 2. The summed E-state index contributed by atoms with van der Waals surface area (Å²) < 4.78 is 13.4. The number of likely N-dealkylation sites (tertiary alicyclic amines) is 1. The molecule has 122 valence electrons. The third kappa shape index (κ3) is 3.36. The maximum atomic E-state index is 13.4. The Balaban J connectivity index is 1.61. The van der Waals surface area contributed by atoms with Crippen molar-refractivity contribution in [2.24, 2.45) is 0 Å². The zero-order valence-electron chi connectivity index (χ0n) is 13.1. The first-order valence-corrected chi connectivity index (χ1v) is 7.89. The van der Waals surface area contributed by atoms with Gasteiger partial charge in [0.15, 0.2) is 0 Å². The second kappa shape index (κ2) is 6.40. The molecule has 1 aliphatic rings. The van der Waals surface area contributed by atoms with E-state index in [4.69, 9.17) is 0 Å². The second-order valence-electron chi connectivity index (χ2n) is 5.93. The highest BCUT2D eigenvalue weighted by Crippen LogP contribution is 2.20. The van der Waals surface area contributed by atoms with Gasteiger partial charge in [0.05, 0.1) is 6.42 Å². The number of carbonyl (C=O) groups is 2. The van der Waals surface area contributed by atoms with Crippen molar-refractivity contribution in [3.05, 3.63) is 35.8 Å². The number of carbonyl (C=O) groups excluding carboxylic acids is 2. The molecule has 2 amide bonds. The molecule has 0 bridgehead atoms. The second-order valence-corrected chi connectivity index (χ2v) is 5.93. The Labute approximate surface area is 133 Å². The molecule has 3 rings (SSSR count). The molecule has 2 aromatic rings. The van der Waals surface area contributed by atoms with Gasteiger partial charge < -0.3 is 15.2 Å². The van der Waals surface area contributed by atoms with Crippen LogP contribution in [0.5, 0.6) is 0 Å². The number of H-pyrrole nitrogens is 1. The maximum Gasteiger partial charge on any atom is 0.224 e. The van der Waals surface area contributed by atoms with Crippen LogP contribution in [0.1, 0.15) is 25.3 Å². The summed E-state index contributed by atoms with van der Waals surface area (Å²) in [5.74, 6) is -0.303. The van der Waals surface area contributed by atoms with Gasteiger partial charge in [0, 0.05) is 42.7 Å². The summed E-state index contributed by atoms with van der Waals surface area (Å²) in [7, 11) is 0. The van der Waals surface area contributed by atoms with E-state index >= 15 is 0 Å². The largest absolute Gasteiger partial charge is 0.361 e. The fraction of sp³-hybridized carbons (Fsp3) is 0.412. The first-order chi connectivity index (χ1) is 11.1. The molecule has 6 heteroatoms. The number of halogens is 1. The summed E-state index contributed by atoms with van der Waals surface area (Å²) in [5.41, 5.74) is 1.59. The van der Waals surface area contributed by atoms with Gasteiger partial charge >= 0.3 is 0 Å². The summed E-state index contributed by atoms with van der Waals surface area (Å²) in [6.07, 6.45) is 3.20. The molecule has 5 nitrogen and oxygen atoms in total. The van der Waals surface area contributed by atoms with Gasteiger partial charge in [-0.1, -0.05) is 6.92 Å². The van der Waals surface area contributed by atoms with E-state index < -0.39 is 0 Å². The minimum Gasteiger partial charge on any atom is -0.361 e. The first-order valence-electron chi connectivity index (χ1n) is 7.89. The summed E-state index contributed by atoms with van der Waals surface area (Å²) >= 11 is 0. The van der Waals surface area contributed by atoms with Crippen molar-refractivity contribution in [2.75, 3.05) is 13.1 Å². The molecule has 2 heterocycles. The van der Waals surface area contributed by atoms with Crippen molar-refractivity contribution in [1.82, 2.24) is 15.2 Å². The molecular weight excluding hydrogens is 297 g/mol. The Hall–Kier alpha value is -2.37. The molecule has 0 radical (unpaired) electrons. The number of nitrogens with one attached hydrogen (secondary N) is 2. The van der Waals surface area contributed by atoms with Crippen LogP contribution in [0.2, 0.25) is 0 Å². The fourth-order valence-electron chi connectivity index (χ4n) is 3.08. The van der Waals surface area contributed by atoms with Crippen LogP contribution in [0, 0.1) is 5.82 Å². The number of amides is 2. The van der Waals surface area contributed by atoms with E-state index in [2.05, 4.69) is 10.3 Å². The number of fused-ring (bicyclic) bond motifs is 1. The SMILES string of the molecule is CCC(=O)N1CC[C@H](NC(=O)Cc2c[nH]c3ccc(F)cc23)C1. The van der Waals surface area contributed by atoms with E-state index in [1.807, 2.05) is 6.92 Å². The van der Waals surface area contributed by atoms with Crippen molar-refractivity contribution in [1.29, 1.82) is 0 Å². The highest BCUT2D eigenvalue weighted by atomic mass is 19.1. The number of hydrogen-bond acceptors (Lipinski definition) is 2. The Morgan fingerprint density at radius 3 is 3.04 bits per heavy atom. The Morgan fingerprint density at radius 2 is 2.26 bits per heavy atom. The fourth-order valence-corrected chi connectivity index (χ4v) is 3.08. The van der Waals surface area contributed by atoms with Crippen molar-refractivity contribution in [3.63, 3.8) is 0 Å². The third-order valence-electron chi connectivity index (χ3n) is 4.29. The lowest BCUT2D eigenvalue weighted by atomic mass is 10.1. The quantitative estimate of drug-likeness (QED) is 0.905. The number of nitrogens with zero attached hydrogens (tertiary/aromatic N) is 1. The van der Waals surface area contributed by atoms with E-state index in [1.54, 1.807) is 17.2 Å². The third-order valence-corrected chi connectivity index (χ3v) is 4.29. The molecule has 1 fully saturated rings. The average Bonchev–Trinajstić information content (AvgIpc) is 3.14. The van der Waals surface area contributed by atoms with E-state index in [9.17, 15) is 14.0 Å². The zero-order valence-corrected chi connectivity index (χ0v) is 13.1. The highest BCUT2D eigenvalue weighted by molar-refractivity contribution is 5.89. The Kier molecular flexibility index (Phi) is 4.32. The van der Waals surface area contributed by atoms with Crippen LogP contribution in [0.3, 0.4) is 0 Å². The Bertz CT molecular complexity index is 741. The predicted molar refractivity (Wildman–Crippen MR) is 85.4 cm³/mol. The molecule has 0 spiro atoms. The van der Waals surface area contributed by atoms with Crippen LogP contribution in [-0.4, -0.2) is 40.8 Å². The van der Waals surface area contributed by atoms with Crippen LogP contribution in [0.15, 0.2) is 24.4 Å². The van der Waals surface area contributed by atoms with Gasteiger partial charge in [-0.05, 0) is 30.2 Å². The minimum atomic E-state index is -0.316. The normalized spacial score (nSPS) is 17.7. The smallest absolute Gasteiger partial charge is 0.224 e. The molecule has 0 aliphatic carbocycles. The summed E-state index contributed by atoms with van der Waals surface area (Å²) in [4.78, 5) is 28.7. The molecule has 1 aromatic heterocycles. The topological polar surface area (TPSA) is 65.2 Å². The molecular formula is C17H20FN3O2. The maximum absolute atomic E-state index is 13.4. The van der Waals surface area contributed by atoms with E-state index in [0.29, 0.717) is 19.5 Å². The van der Waals surface area contributed by atoms with Crippen LogP contribution in [0.25, 0.3) is 10.9 Å². The van der Waals surface area contributed by atoms with Crippen molar-refractivity contribution >= 4 is 22.7 Å². The number of aromatic amines is 1. The summed E-state index contributed by atoms with van der Waals surface area (Å²) in [5, 5.41) is 3.70. The van der Waals surface area contributed by atoms with Gasteiger partial charge in [0.1, 0.15) is 5.82 Å². The average molecular weight is 317 g/mol. The molecule has 0 saturated carbocycles. The van der Waals surface area contributed by atoms with Gasteiger partial charge in [-0.15, -0.1) is 0 Å². The van der Waals surface area contributed by atoms with Gasteiger partial charge in [0.2, 0.25) is 11.8 Å². The van der Waals surface area contributed by atoms with E-state index in [0.717, 1.165) is 22.9 Å². The van der Waals surface area contributed by atoms with Crippen molar-refractivity contribution in [3.8, 4) is 0 Å². The lowest BCUT2D eigenvalue weighted by molar-refractivity contribution is -0.130. The van der Waals surface area contributed by atoms with Crippen LogP contribution >= 0.6 is 0 Å². The Morgan fingerprint density at radius 1 is 1.43 bits per heavy atom. The van der Waals surface area contributed by atoms with Gasteiger partial charge in [-0.25, -0.2) is 4.39 Å². The van der Waals surface area contributed by atoms with Crippen LogP contribution in [-0.2, 0) is 16.0 Å². The summed E-state index contributed by atoms with van der Waals surface area (Å²) in [6.45, 7) is 3.10. The monoisotopic (exact) mass is 317 g/mol. The van der Waals surface area contributed by atoms with E-state index in [1.165, 1.54) is 12.1 Å². The molecule has 1 saturated heterocycles. The standard InChI is InChI=1S/C17H20FN3O2/c1-2-17(23)21-6-5-13(10-21)20-16(22)7-11-9-19-15-4-3-12(18)8-14(11)15/h3-4,8-9,13,19H,2,5-7,10H2,1H3,(H,20,22)/t13-/m0/s1. The van der Waals surface area contributed by atoms with Crippen molar-refractivity contribution in [2.45, 2.75) is 32.2 Å². The summed E-state index contributed by atoms with van der Waals surface area (Å²) in [6, 6.07) is 4.49. The molecule has 0 unspecified atom stereocenters. The van der Waals surface area contributed by atoms with Crippen LogP contribution in [0.4, 0.5) is 4.39 Å². The van der Waals surface area contributed by atoms with Gasteiger partial charge in [-0.2, -0.15) is 0 Å². The van der Waals surface area contributed by atoms with Crippen molar-refractivity contribution < 1.29 is 14.0 Å². The first kappa shape index (κ1) is 15.5. The van der Waals surface area contributed by atoms with E-state index in [-0.39, 0.29) is 30.1 Å². The highest BCUT2D eigenvalue weighted by Gasteiger charge is 2.26. The molecule has 1 atom stereocenters. The minimum absolute atomic E-state index is 0.0000536. The van der Waals surface area contributed by atoms with Crippen LogP contribution < -0.4 is 5.32 Å². The number of rotatable bonds is 4. The zero-order chi connectivity index (χ0) is 16.4. The molecule has 23 heavy (non-hydrogen) atoms. The molecule has 2 N–H and O–H groups in total. The lowest BCUT2D eigenvalue weighted by Crippen LogP contribution is -2.39. The predicted octanol–water partition coefficient (Wildman–Crippen LogP) is 1.98. The van der Waals surface area contributed by atoms with Gasteiger partial charge in [0.25, 0.3) is 0 Å². The number of aromatic nitrogens is 1. The van der Waals surface area contributed by atoms with Gasteiger partial charge in [-0.3, -0.25) is 9.59 Å².